The van der Waals surface area contributed by atoms with Crippen molar-refractivity contribution >= 4 is 23.5 Å². The van der Waals surface area contributed by atoms with E-state index in [0.717, 1.165) is 17.7 Å². The normalized spacial score (nSPS) is 23.3. The number of para-hydroxylation sites is 1. The molecule has 1 N–H and O–H groups in total. The zero-order chi connectivity index (χ0) is 17.3. The minimum Gasteiger partial charge on any atom is -0.481 e. The third-order valence-electron chi connectivity index (χ3n) is 5.02. The Morgan fingerprint density at radius 1 is 1.21 bits per heavy atom. The molecule has 128 valence electrons. The van der Waals surface area contributed by atoms with Gasteiger partial charge in [-0.1, -0.05) is 25.1 Å². The van der Waals surface area contributed by atoms with E-state index in [1.54, 1.807) is 9.80 Å². The van der Waals surface area contributed by atoms with Gasteiger partial charge in [-0.05, 0) is 24.0 Å². The van der Waals surface area contributed by atoms with Crippen LogP contribution >= 0.6 is 0 Å². The van der Waals surface area contributed by atoms with Crippen molar-refractivity contribution in [2.75, 3.05) is 24.5 Å². The zero-order valence-corrected chi connectivity index (χ0v) is 13.8. The van der Waals surface area contributed by atoms with Gasteiger partial charge in [-0.3, -0.25) is 14.4 Å². The Bertz CT molecular complexity index is 673. The number of hydrogen-bond donors (Lipinski definition) is 1. The molecule has 3 rings (SSSR count). The van der Waals surface area contributed by atoms with E-state index in [9.17, 15) is 19.5 Å². The molecule has 2 aliphatic heterocycles. The van der Waals surface area contributed by atoms with Gasteiger partial charge >= 0.3 is 5.97 Å². The van der Waals surface area contributed by atoms with Crippen LogP contribution in [0.4, 0.5) is 5.69 Å². The summed E-state index contributed by atoms with van der Waals surface area (Å²) in [5.41, 5.74) is 2.02. The lowest BCUT2D eigenvalue weighted by Crippen LogP contribution is -2.39. The summed E-state index contributed by atoms with van der Waals surface area (Å²) in [7, 11) is 0. The molecule has 6 nitrogen and oxygen atoms in total. The minimum atomic E-state index is -0.849. The Hall–Kier alpha value is -2.37. The summed E-state index contributed by atoms with van der Waals surface area (Å²) in [5, 5.41) is 9.17. The third kappa shape index (κ3) is 3.13. The molecule has 1 aromatic carbocycles. The van der Waals surface area contributed by atoms with Gasteiger partial charge in [0.1, 0.15) is 0 Å². The van der Waals surface area contributed by atoms with Crippen LogP contribution in [0.25, 0.3) is 0 Å². The topological polar surface area (TPSA) is 77.9 Å². The molecule has 0 aromatic heterocycles. The highest BCUT2D eigenvalue weighted by atomic mass is 16.4. The Morgan fingerprint density at radius 2 is 1.96 bits per heavy atom. The third-order valence-corrected chi connectivity index (χ3v) is 5.02. The number of benzene rings is 1. The average Bonchev–Trinajstić information content (AvgIpc) is 2.96. The fourth-order valence-electron chi connectivity index (χ4n) is 3.60. The number of hydrogen-bond acceptors (Lipinski definition) is 3. The number of fused-ring (bicyclic) bond motifs is 1. The number of nitrogens with zero attached hydrogens (tertiary/aromatic N) is 2. The molecule has 2 heterocycles. The molecule has 1 fully saturated rings. The molecule has 1 saturated heterocycles. The number of aliphatic carboxylic acids is 1. The number of carboxylic acids is 1. The maximum atomic E-state index is 12.4. The van der Waals surface area contributed by atoms with E-state index in [1.165, 1.54) is 0 Å². The van der Waals surface area contributed by atoms with Crippen LogP contribution in [0.15, 0.2) is 24.3 Å². The summed E-state index contributed by atoms with van der Waals surface area (Å²) >= 11 is 0. The fraction of sp³-hybridized carbons (Fsp3) is 0.500. The molecule has 0 saturated carbocycles. The first kappa shape index (κ1) is 16.5. The van der Waals surface area contributed by atoms with Crippen molar-refractivity contribution in [2.24, 2.45) is 11.8 Å². The maximum absolute atomic E-state index is 12.4. The van der Waals surface area contributed by atoms with Crippen LogP contribution < -0.4 is 4.90 Å². The van der Waals surface area contributed by atoms with Gasteiger partial charge in [-0.2, -0.15) is 0 Å². The van der Waals surface area contributed by atoms with E-state index in [-0.39, 0.29) is 30.7 Å². The largest absolute Gasteiger partial charge is 0.481 e. The lowest BCUT2D eigenvalue weighted by Gasteiger charge is -2.29. The van der Waals surface area contributed by atoms with E-state index in [1.807, 2.05) is 31.2 Å². The van der Waals surface area contributed by atoms with Crippen molar-refractivity contribution in [3.63, 3.8) is 0 Å². The number of amides is 2. The first-order valence-corrected chi connectivity index (χ1v) is 8.36. The highest BCUT2D eigenvalue weighted by Gasteiger charge is 2.37. The van der Waals surface area contributed by atoms with Gasteiger partial charge in [0.25, 0.3) is 0 Å². The van der Waals surface area contributed by atoms with Gasteiger partial charge in [0.2, 0.25) is 11.8 Å². The van der Waals surface area contributed by atoms with Crippen LogP contribution in [-0.4, -0.2) is 47.4 Å². The second-order valence-electron chi connectivity index (χ2n) is 6.64. The average molecular weight is 330 g/mol. The quantitative estimate of drug-likeness (QED) is 0.908. The van der Waals surface area contributed by atoms with Crippen molar-refractivity contribution < 1.29 is 19.5 Å². The lowest BCUT2D eigenvalue weighted by atomic mass is 9.99. The highest BCUT2D eigenvalue weighted by molar-refractivity contribution is 5.97. The molecule has 2 amide bonds. The molecule has 0 aliphatic carbocycles. The summed E-state index contributed by atoms with van der Waals surface area (Å²) in [6, 6.07) is 7.77. The molecule has 0 radical (unpaired) electrons. The molecular formula is C18H22N2O4. The Morgan fingerprint density at radius 3 is 2.67 bits per heavy atom. The van der Waals surface area contributed by atoms with E-state index in [4.69, 9.17) is 0 Å². The standard InChI is InChI=1S/C18H22N2O4/c1-12-10-19(11-14(12)18(23)24)16(21)8-9-20-15-5-3-2-4-13(15)6-7-17(20)22/h2-5,12,14H,6-11H2,1H3,(H,23,24)/t12-,14-/m1/s1. The Kier molecular flexibility index (Phi) is 4.55. The second-order valence-corrected chi connectivity index (χ2v) is 6.64. The first-order valence-electron chi connectivity index (χ1n) is 8.36. The summed E-state index contributed by atoms with van der Waals surface area (Å²) in [5.74, 6) is -1.42. The summed E-state index contributed by atoms with van der Waals surface area (Å²) in [6.45, 7) is 2.94. The zero-order valence-electron chi connectivity index (χ0n) is 13.8. The molecule has 0 spiro atoms. The van der Waals surface area contributed by atoms with Gasteiger partial charge < -0.3 is 14.9 Å². The Labute approximate surface area is 141 Å². The monoisotopic (exact) mass is 330 g/mol. The van der Waals surface area contributed by atoms with Gasteiger partial charge in [-0.15, -0.1) is 0 Å². The molecule has 0 bridgehead atoms. The van der Waals surface area contributed by atoms with Crippen molar-refractivity contribution in [1.82, 2.24) is 4.90 Å². The van der Waals surface area contributed by atoms with Crippen molar-refractivity contribution in [3.05, 3.63) is 29.8 Å². The van der Waals surface area contributed by atoms with Gasteiger partial charge in [0, 0.05) is 38.2 Å². The molecule has 2 aliphatic rings. The SMILES string of the molecule is C[C@@H]1CN(C(=O)CCN2C(=O)CCc3ccccc32)C[C@H]1C(=O)O. The number of rotatable bonds is 4. The summed E-state index contributed by atoms with van der Waals surface area (Å²) in [4.78, 5) is 39.1. The van der Waals surface area contributed by atoms with Crippen LogP contribution in [-0.2, 0) is 20.8 Å². The van der Waals surface area contributed by atoms with Crippen LogP contribution in [0.2, 0.25) is 0 Å². The summed E-state index contributed by atoms with van der Waals surface area (Å²) < 4.78 is 0. The Balaban J connectivity index is 1.63. The van der Waals surface area contributed by atoms with Crippen molar-refractivity contribution in [2.45, 2.75) is 26.2 Å². The lowest BCUT2D eigenvalue weighted by molar-refractivity contribution is -0.142. The predicted octanol–water partition coefficient (Wildman–Crippen LogP) is 1.53. The second kappa shape index (κ2) is 6.63. The summed E-state index contributed by atoms with van der Waals surface area (Å²) in [6.07, 6.45) is 1.43. The van der Waals surface area contributed by atoms with Crippen LogP contribution in [0.1, 0.15) is 25.3 Å². The molecule has 2 atom stereocenters. The van der Waals surface area contributed by atoms with E-state index < -0.39 is 11.9 Å². The van der Waals surface area contributed by atoms with Gasteiger partial charge in [0.05, 0.1) is 5.92 Å². The van der Waals surface area contributed by atoms with Crippen molar-refractivity contribution in [1.29, 1.82) is 0 Å². The van der Waals surface area contributed by atoms with Crippen LogP contribution in [0.3, 0.4) is 0 Å². The number of likely N-dealkylation sites (tertiary alicyclic amines) is 1. The number of carboxylic acid groups (broad SMARTS) is 1. The minimum absolute atomic E-state index is 0.0382. The first-order chi connectivity index (χ1) is 11.5. The molecule has 6 heteroatoms. The molecule has 24 heavy (non-hydrogen) atoms. The van der Waals surface area contributed by atoms with Crippen LogP contribution in [0, 0.1) is 11.8 Å². The van der Waals surface area contributed by atoms with Gasteiger partial charge in [0.15, 0.2) is 0 Å². The van der Waals surface area contributed by atoms with E-state index >= 15 is 0 Å². The van der Waals surface area contributed by atoms with E-state index in [0.29, 0.717) is 19.5 Å². The number of carbonyl (C=O) groups is 3. The van der Waals surface area contributed by atoms with Crippen molar-refractivity contribution in [3.8, 4) is 0 Å². The molecular weight excluding hydrogens is 308 g/mol. The number of aryl methyl sites for hydroxylation is 1. The number of anilines is 1. The molecule has 0 unspecified atom stereocenters. The smallest absolute Gasteiger partial charge is 0.308 e. The van der Waals surface area contributed by atoms with Gasteiger partial charge in [-0.25, -0.2) is 0 Å². The van der Waals surface area contributed by atoms with Crippen LogP contribution in [0.5, 0.6) is 0 Å². The van der Waals surface area contributed by atoms with E-state index in [2.05, 4.69) is 0 Å². The highest BCUT2D eigenvalue weighted by Crippen LogP contribution is 2.28. The maximum Gasteiger partial charge on any atom is 0.308 e. The molecule has 1 aromatic rings. The number of carbonyl (C=O) groups excluding carboxylic acids is 2. The predicted molar refractivity (Wildman–Crippen MR) is 88.6 cm³/mol. The fourth-order valence-corrected chi connectivity index (χ4v) is 3.60.